The lowest BCUT2D eigenvalue weighted by atomic mass is 9.77. The van der Waals surface area contributed by atoms with Gasteiger partial charge in [-0.2, -0.15) is 0 Å². The second-order valence-corrected chi connectivity index (χ2v) is 6.23. The first kappa shape index (κ1) is 14.5. The summed E-state index contributed by atoms with van der Waals surface area (Å²) < 4.78 is 0. The fourth-order valence-electron chi connectivity index (χ4n) is 3.68. The molecule has 2 fully saturated rings. The lowest BCUT2D eigenvalue weighted by Crippen LogP contribution is -2.64. The van der Waals surface area contributed by atoms with Crippen LogP contribution in [0.15, 0.2) is 30.3 Å². The van der Waals surface area contributed by atoms with Gasteiger partial charge in [0.1, 0.15) is 0 Å². The van der Waals surface area contributed by atoms with E-state index in [1.54, 1.807) is 0 Å². The van der Waals surface area contributed by atoms with Crippen molar-refractivity contribution in [3.05, 3.63) is 35.9 Å². The van der Waals surface area contributed by atoms with Crippen LogP contribution in [0.3, 0.4) is 0 Å². The van der Waals surface area contributed by atoms with Crippen molar-refractivity contribution in [2.24, 2.45) is 5.92 Å². The number of hydrogen-bond donors (Lipinski definition) is 3. The number of hydrogen-bond acceptors (Lipinski definition) is 3. The maximum atomic E-state index is 12.1. The van der Waals surface area contributed by atoms with Crippen molar-refractivity contribution in [1.82, 2.24) is 10.6 Å². The lowest BCUT2D eigenvalue weighted by Gasteiger charge is -2.46. The molecule has 1 aliphatic carbocycles. The molecule has 0 unspecified atom stereocenters. The zero-order chi connectivity index (χ0) is 14.7. The van der Waals surface area contributed by atoms with Crippen molar-refractivity contribution in [3.63, 3.8) is 0 Å². The van der Waals surface area contributed by atoms with Crippen LogP contribution in [0.25, 0.3) is 0 Å². The number of carbonyl (C=O) groups is 1. The van der Waals surface area contributed by atoms with Crippen molar-refractivity contribution >= 4 is 5.91 Å². The molecule has 2 aliphatic rings. The lowest BCUT2D eigenvalue weighted by molar-refractivity contribution is -0.125. The number of benzene rings is 1. The third kappa shape index (κ3) is 3.11. The Bertz CT molecular complexity index is 471. The molecular formula is C17H24N2O2. The molecule has 21 heavy (non-hydrogen) atoms. The van der Waals surface area contributed by atoms with Crippen LogP contribution in [-0.2, 0) is 4.79 Å². The van der Waals surface area contributed by atoms with Crippen LogP contribution < -0.4 is 10.6 Å². The smallest absolute Gasteiger partial charge is 0.223 e. The quantitative estimate of drug-likeness (QED) is 0.768. The van der Waals surface area contributed by atoms with E-state index in [2.05, 4.69) is 22.8 Å². The van der Waals surface area contributed by atoms with Gasteiger partial charge in [0.25, 0.3) is 0 Å². The molecule has 3 N–H and O–H groups in total. The first-order chi connectivity index (χ1) is 10.3. The molecule has 3 atom stereocenters. The molecule has 1 aliphatic heterocycles. The first-order valence-electron chi connectivity index (χ1n) is 7.99. The maximum Gasteiger partial charge on any atom is 0.223 e. The number of amides is 1. The molecule has 0 bridgehead atoms. The number of carbonyl (C=O) groups excluding carboxylic acids is 1. The third-order valence-corrected chi connectivity index (χ3v) is 4.90. The van der Waals surface area contributed by atoms with E-state index in [1.807, 2.05) is 18.2 Å². The van der Waals surface area contributed by atoms with E-state index in [-0.39, 0.29) is 36.4 Å². The molecule has 1 aromatic carbocycles. The molecule has 1 heterocycles. The SMILES string of the molecule is O=C(NC[C@H]1N[C@H](CO)[C@@H]1c1ccccc1)C1CCCC1. The zero-order valence-electron chi connectivity index (χ0n) is 12.3. The van der Waals surface area contributed by atoms with Gasteiger partial charge in [0, 0.05) is 30.5 Å². The second kappa shape index (κ2) is 6.58. The highest BCUT2D eigenvalue weighted by atomic mass is 16.3. The van der Waals surface area contributed by atoms with Gasteiger partial charge in [-0.1, -0.05) is 43.2 Å². The average Bonchev–Trinajstić information content (AvgIpc) is 3.01. The minimum atomic E-state index is 0.0979. The van der Waals surface area contributed by atoms with E-state index < -0.39 is 0 Å². The topological polar surface area (TPSA) is 61.4 Å². The van der Waals surface area contributed by atoms with Crippen molar-refractivity contribution in [2.75, 3.05) is 13.2 Å². The van der Waals surface area contributed by atoms with E-state index in [1.165, 1.54) is 18.4 Å². The summed E-state index contributed by atoms with van der Waals surface area (Å²) in [4.78, 5) is 12.1. The second-order valence-electron chi connectivity index (χ2n) is 6.23. The molecule has 4 heteroatoms. The minimum Gasteiger partial charge on any atom is -0.395 e. The molecule has 0 aromatic heterocycles. The Labute approximate surface area is 125 Å². The number of aliphatic hydroxyl groups is 1. The summed E-state index contributed by atoms with van der Waals surface area (Å²) in [7, 11) is 0. The molecule has 3 rings (SSSR count). The number of rotatable bonds is 5. The monoisotopic (exact) mass is 288 g/mol. The predicted molar refractivity (Wildman–Crippen MR) is 81.9 cm³/mol. The summed E-state index contributed by atoms with van der Waals surface area (Å²) in [5.41, 5.74) is 1.23. The van der Waals surface area contributed by atoms with Gasteiger partial charge in [-0.05, 0) is 18.4 Å². The molecule has 0 radical (unpaired) electrons. The van der Waals surface area contributed by atoms with Crippen molar-refractivity contribution in [1.29, 1.82) is 0 Å². The highest BCUT2D eigenvalue weighted by molar-refractivity contribution is 5.78. The van der Waals surface area contributed by atoms with Gasteiger partial charge in [0.2, 0.25) is 5.91 Å². The van der Waals surface area contributed by atoms with Gasteiger partial charge in [0.05, 0.1) is 6.61 Å². The molecule has 4 nitrogen and oxygen atoms in total. The molecule has 1 saturated carbocycles. The number of aliphatic hydroxyl groups excluding tert-OH is 1. The van der Waals surface area contributed by atoms with Crippen LogP contribution in [0.5, 0.6) is 0 Å². The maximum absolute atomic E-state index is 12.1. The van der Waals surface area contributed by atoms with Gasteiger partial charge < -0.3 is 15.7 Å². The Balaban J connectivity index is 1.56. The van der Waals surface area contributed by atoms with E-state index in [0.29, 0.717) is 6.54 Å². The minimum absolute atomic E-state index is 0.0979. The molecular weight excluding hydrogens is 264 g/mol. The van der Waals surface area contributed by atoms with Crippen LogP contribution in [0.2, 0.25) is 0 Å². The van der Waals surface area contributed by atoms with Gasteiger partial charge in [0.15, 0.2) is 0 Å². The van der Waals surface area contributed by atoms with E-state index in [0.717, 1.165) is 12.8 Å². The van der Waals surface area contributed by atoms with Crippen LogP contribution in [0.4, 0.5) is 0 Å². The van der Waals surface area contributed by atoms with Gasteiger partial charge in [-0.15, -0.1) is 0 Å². The third-order valence-electron chi connectivity index (χ3n) is 4.90. The van der Waals surface area contributed by atoms with Gasteiger partial charge in [-0.25, -0.2) is 0 Å². The summed E-state index contributed by atoms with van der Waals surface area (Å²) in [6.45, 7) is 0.776. The summed E-state index contributed by atoms with van der Waals surface area (Å²) in [6.07, 6.45) is 4.43. The van der Waals surface area contributed by atoms with Crippen LogP contribution >= 0.6 is 0 Å². The highest BCUT2D eigenvalue weighted by Crippen LogP contribution is 2.32. The normalized spacial score (nSPS) is 29.1. The molecule has 1 aromatic rings. The summed E-state index contributed by atoms with van der Waals surface area (Å²) >= 11 is 0. The first-order valence-corrected chi connectivity index (χ1v) is 7.99. The van der Waals surface area contributed by atoms with E-state index in [9.17, 15) is 9.90 Å². The van der Waals surface area contributed by atoms with Crippen LogP contribution in [0.1, 0.15) is 37.2 Å². The van der Waals surface area contributed by atoms with E-state index in [4.69, 9.17) is 0 Å². The standard InChI is InChI=1S/C17H24N2O2/c20-11-15-16(12-6-2-1-3-7-12)14(19-15)10-18-17(21)13-8-4-5-9-13/h1-3,6-7,13-16,19-20H,4-5,8-11H2,(H,18,21)/t14-,15-,16-/m1/s1. The van der Waals surface area contributed by atoms with Crippen molar-refractivity contribution in [3.8, 4) is 0 Å². The Hall–Kier alpha value is -1.39. The average molecular weight is 288 g/mol. The Morgan fingerprint density at radius 2 is 1.90 bits per heavy atom. The molecule has 0 spiro atoms. The van der Waals surface area contributed by atoms with Crippen LogP contribution in [0, 0.1) is 5.92 Å². The highest BCUT2D eigenvalue weighted by Gasteiger charge is 2.41. The summed E-state index contributed by atoms with van der Waals surface area (Å²) in [5.74, 6) is 0.697. The van der Waals surface area contributed by atoms with Crippen molar-refractivity contribution in [2.45, 2.75) is 43.7 Å². The summed E-state index contributed by atoms with van der Waals surface area (Å²) in [5, 5.41) is 15.9. The Morgan fingerprint density at radius 1 is 1.19 bits per heavy atom. The van der Waals surface area contributed by atoms with Gasteiger partial charge in [-0.3, -0.25) is 4.79 Å². The fraction of sp³-hybridized carbons (Fsp3) is 0.588. The Morgan fingerprint density at radius 3 is 2.57 bits per heavy atom. The van der Waals surface area contributed by atoms with Crippen molar-refractivity contribution < 1.29 is 9.90 Å². The zero-order valence-corrected chi connectivity index (χ0v) is 12.3. The largest absolute Gasteiger partial charge is 0.395 e. The summed E-state index contributed by atoms with van der Waals surface area (Å²) in [6, 6.07) is 10.6. The molecule has 114 valence electrons. The predicted octanol–water partition coefficient (Wildman–Crippen LogP) is 1.41. The molecule has 1 saturated heterocycles. The van der Waals surface area contributed by atoms with E-state index >= 15 is 0 Å². The fourth-order valence-corrected chi connectivity index (χ4v) is 3.68. The molecule has 1 amide bonds. The van der Waals surface area contributed by atoms with Gasteiger partial charge >= 0.3 is 0 Å². The Kier molecular flexibility index (Phi) is 4.56. The van der Waals surface area contributed by atoms with Crippen LogP contribution in [-0.4, -0.2) is 36.2 Å². The number of nitrogens with one attached hydrogen (secondary N) is 2.